The fraction of sp³-hybridized carbons (Fsp3) is 0.167. The molecule has 2 aromatic rings. The maximum Gasteiger partial charge on any atom is 0.292 e. The summed E-state index contributed by atoms with van der Waals surface area (Å²) < 4.78 is 1.94. The van der Waals surface area contributed by atoms with E-state index in [-0.39, 0.29) is 23.5 Å². The molecular formula is C12H11IN4O3. The van der Waals surface area contributed by atoms with Crippen LogP contribution >= 0.6 is 22.6 Å². The molecule has 0 bridgehead atoms. The molecule has 8 heteroatoms. The largest absolute Gasteiger partial charge is 0.393 e. The van der Waals surface area contributed by atoms with Crippen LogP contribution in [0.1, 0.15) is 11.3 Å². The van der Waals surface area contributed by atoms with Crippen molar-refractivity contribution in [3.63, 3.8) is 0 Å². The Hall–Kier alpha value is -1.97. The van der Waals surface area contributed by atoms with E-state index in [1.807, 2.05) is 22.6 Å². The molecule has 2 N–H and O–H groups in total. The second-order valence-electron chi connectivity index (χ2n) is 4.23. The van der Waals surface area contributed by atoms with Gasteiger partial charge in [0.2, 0.25) is 0 Å². The number of hydrogen-bond donors (Lipinski definition) is 1. The first-order valence-corrected chi connectivity index (χ1v) is 6.72. The van der Waals surface area contributed by atoms with Gasteiger partial charge < -0.3 is 5.73 Å². The molecule has 0 atom stereocenters. The first-order chi connectivity index (χ1) is 9.40. The number of benzene rings is 1. The highest BCUT2D eigenvalue weighted by Crippen LogP contribution is 2.22. The lowest BCUT2D eigenvalue weighted by atomic mass is 10.1. The Morgan fingerprint density at radius 2 is 2.20 bits per heavy atom. The van der Waals surface area contributed by atoms with E-state index in [1.54, 1.807) is 13.0 Å². The molecule has 0 aliphatic heterocycles. The monoisotopic (exact) mass is 386 g/mol. The van der Waals surface area contributed by atoms with Gasteiger partial charge in [-0.25, -0.2) is 4.98 Å². The average molecular weight is 386 g/mol. The molecule has 1 aromatic heterocycles. The van der Waals surface area contributed by atoms with Crippen LogP contribution < -0.4 is 11.3 Å². The van der Waals surface area contributed by atoms with Crippen molar-refractivity contribution >= 4 is 34.0 Å². The van der Waals surface area contributed by atoms with Crippen LogP contribution in [-0.4, -0.2) is 14.5 Å². The second kappa shape index (κ2) is 5.57. The van der Waals surface area contributed by atoms with E-state index in [4.69, 9.17) is 5.73 Å². The summed E-state index contributed by atoms with van der Waals surface area (Å²) in [6, 6.07) is 4.49. The topological polar surface area (TPSA) is 104 Å². The fourth-order valence-electron chi connectivity index (χ4n) is 1.70. The van der Waals surface area contributed by atoms with Crippen molar-refractivity contribution in [1.29, 1.82) is 0 Å². The quantitative estimate of drug-likeness (QED) is 0.374. The van der Waals surface area contributed by atoms with Crippen molar-refractivity contribution < 1.29 is 4.92 Å². The Bertz CT molecular complexity index is 742. The van der Waals surface area contributed by atoms with Gasteiger partial charge in [0, 0.05) is 6.07 Å². The van der Waals surface area contributed by atoms with E-state index in [0.29, 0.717) is 14.8 Å². The molecule has 104 valence electrons. The van der Waals surface area contributed by atoms with Crippen LogP contribution in [0, 0.1) is 20.6 Å². The molecule has 0 radical (unpaired) electrons. The summed E-state index contributed by atoms with van der Waals surface area (Å²) in [6.07, 6.45) is 1.43. The molecule has 20 heavy (non-hydrogen) atoms. The lowest BCUT2D eigenvalue weighted by molar-refractivity contribution is -0.384. The number of rotatable bonds is 3. The summed E-state index contributed by atoms with van der Waals surface area (Å²) in [5.41, 5.74) is 6.58. The Kier molecular flexibility index (Phi) is 4.02. The third-order valence-corrected chi connectivity index (χ3v) is 4.04. The molecule has 0 aliphatic rings. The van der Waals surface area contributed by atoms with Crippen molar-refractivity contribution in [2.24, 2.45) is 0 Å². The highest BCUT2D eigenvalue weighted by Gasteiger charge is 2.13. The van der Waals surface area contributed by atoms with Crippen LogP contribution in [0.3, 0.4) is 0 Å². The lowest BCUT2D eigenvalue weighted by Crippen LogP contribution is -2.24. The normalized spacial score (nSPS) is 10.5. The van der Waals surface area contributed by atoms with Gasteiger partial charge >= 0.3 is 0 Å². The number of nitro groups is 1. The van der Waals surface area contributed by atoms with E-state index < -0.39 is 4.92 Å². The Balaban J connectivity index is 2.41. The maximum atomic E-state index is 12.0. The zero-order valence-corrected chi connectivity index (χ0v) is 12.7. The summed E-state index contributed by atoms with van der Waals surface area (Å²) in [5.74, 6) is 0. The van der Waals surface area contributed by atoms with Gasteiger partial charge in [-0.15, -0.1) is 0 Å². The number of aromatic nitrogens is 2. The minimum absolute atomic E-state index is 0.0997. The smallest absolute Gasteiger partial charge is 0.292 e. The van der Waals surface area contributed by atoms with Crippen LogP contribution in [-0.2, 0) is 6.54 Å². The van der Waals surface area contributed by atoms with Gasteiger partial charge in [-0.3, -0.25) is 19.5 Å². The highest BCUT2D eigenvalue weighted by molar-refractivity contribution is 14.1. The molecule has 1 aromatic carbocycles. The Morgan fingerprint density at radius 3 is 2.85 bits per heavy atom. The first-order valence-electron chi connectivity index (χ1n) is 5.64. The summed E-state index contributed by atoms with van der Waals surface area (Å²) >= 11 is 1.94. The zero-order valence-electron chi connectivity index (χ0n) is 10.5. The van der Waals surface area contributed by atoms with Gasteiger partial charge in [-0.1, -0.05) is 6.07 Å². The molecule has 0 unspecified atom stereocenters. The minimum atomic E-state index is -0.543. The minimum Gasteiger partial charge on any atom is -0.393 e. The molecule has 7 nitrogen and oxygen atoms in total. The Labute approximate surface area is 127 Å². The van der Waals surface area contributed by atoms with Gasteiger partial charge in [0.05, 0.1) is 27.1 Å². The summed E-state index contributed by atoms with van der Waals surface area (Å²) in [5, 5.41) is 10.8. The first kappa shape index (κ1) is 14.4. The predicted octanol–water partition coefficient (Wildman–Crippen LogP) is 1.70. The van der Waals surface area contributed by atoms with Gasteiger partial charge in [0.15, 0.2) is 0 Å². The highest BCUT2D eigenvalue weighted by atomic mass is 127. The third kappa shape index (κ3) is 2.79. The SMILES string of the molecule is Cc1ncn(Cc2ccc(N)c([N+](=O)[O-])c2)c(=O)c1I. The molecule has 2 rings (SSSR count). The van der Waals surface area contributed by atoms with Crippen molar-refractivity contribution in [3.8, 4) is 0 Å². The number of nitro benzene ring substituents is 1. The molecule has 0 fully saturated rings. The molecule has 0 saturated carbocycles. The van der Waals surface area contributed by atoms with Gasteiger partial charge in [-0.2, -0.15) is 0 Å². The van der Waals surface area contributed by atoms with Crippen molar-refractivity contribution in [2.45, 2.75) is 13.5 Å². The fourth-order valence-corrected chi connectivity index (χ4v) is 2.15. The number of hydrogen-bond acceptors (Lipinski definition) is 5. The number of anilines is 1. The molecule has 0 saturated heterocycles. The summed E-state index contributed by atoms with van der Waals surface area (Å²) in [4.78, 5) is 26.4. The number of nitrogens with two attached hydrogens (primary N) is 1. The third-order valence-electron chi connectivity index (χ3n) is 2.80. The van der Waals surface area contributed by atoms with Crippen LogP contribution in [0.4, 0.5) is 11.4 Å². The van der Waals surface area contributed by atoms with E-state index >= 15 is 0 Å². The van der Waals surface area contributed by atoms with E-state index in [9.17, 15) is 14.9 Å². The van der Waals surface area contributed by atoms with Crippen LogP contribution in [0.15, 0.2) is 29.3 Å². The Morgan fingerprint density at radius 1 is 1.50 bits per heavy atom. The van der Waals surface area contributed by atoms with Gasteiger partial charge in [0.25, 0.3) is 11.2 Å². The maximum absolute atomic E-state index is 12.0. The van der Waals surface area contributed by atoms with Crippen molar-refractivity contribution in [3.05, 3.63) is 59.8 Å². The van der Waals surface area contributed by atoms with Gasteiger partial charge in [0.1, 0.15) is 5.69 Å². The molecule has 0 spiro atoms. The number of nitrogen functional groups attached to an aromatic ring is 1. The number of halogens is 1. The predicted molar refractivity (Wildman–Crippen MR) is 82.6 cm³/mol. The van der Waals surface area contributed by atoms with Crippen molar-refractivity contribution in [2.75, 3.05) is 5.73 Å². The summed E-state index contributed by atoms with van der Waals surface area (Å²) in [7, 11) is 0. The molecule has 0 amide bonds. The second-order valence-corrected chi connectivity index (χ2v) is 5.31. The lowest BCUT2D eigenvalue weighted by Gasteiger charge is -2.07. The van der Waals surface area contributed by atoms with Crippen molar-refractivity contribution in [1.82, 2.24) is 9.55 Å². The van der Waals surface area contributed by atoms with E-state index in [0.717, 1.165) is 0 Å². The van der Waals surface area contributed by atoms with Crippen LogP contribution in [0.25, 0.3) is 0 Å². The standard InChI is InChI=1S/C12H11IN4O3/c1-7-11(13)12(18)16(6-15-7)5-8-2-3-9(14)10(4-8)17(19)20/h2-4,6H,5,14H2,1H3. The van der Waals surface area contributed by atoms with E-state index in [1.165, 1.54) is 23.0 Å². The number of aryl methyl sites for hydroxylation is 1. The van der Waals surface area contributed by atoms with Crippen LogP contribution in [0.5, 0.6) is 0 Å². The molecular weight excluding hydrogens is 375 g/mol. The molecule has 1 heterocycles. The van der Waals surface area contributed by atoms with E-state index in [2.05, 4.69) is 4.98 Å². The number of nitrogens with zero attached hydrogens (tertiary/aromatic N) is 3. The summed E-state index contributed by atoms with van der Waals surface area (Å²) in [6.45, 7) is 1.96. The zero-order chi connectivity index (χ0) is 14.9. The van der Waals surface area contributed by atoms with Gasteiger partial charge in [-0.05, 0) is 41.1 Å². The average Bonchev–Trinajstić information content (AvgIpc) is 2.41. The molecule has 0 aliphatic carbocycles. The van der Waals surface area contributed by atoms with Crippen LogP contribution in [0.2, 0.25) is 0 Å².